The molecule has 1 aliphatic heterocycles. The van der Waals surface area contributed by atoms with Crippen molar-refractivity contribution >= 4 is 11.8 Å². The maximum Gasteiger partial charge on any atom is 0.225 e. The average Bonchev–Trinajstić information content (AvgIpc) is 2.87. The molecule has 0 aliphatic carbocycles. The Morgan fingerprint density at radius 3 is 3.17 bits per heavy atom. The zero-order valence-electron chi connectivity index (χ0n) is 10.0. The predicted molar refractivity (Wildman–Crippen MR) is 66.6 cm³/mol. The maximum absolute atomic E-state index is 8.92. The number of aliphatic hydroxyl groups is 1. The summed E-state index contributed by atoms with van der Waals surface area (Å²) in [6.45, 7) is 1.91. The molecule has 0 bridgehead atoms. The molecule has 1 saturated heterocycles. The number of hydrogen-bond acceptors (Lipinski definition) is 6. The van der Waals surface area contributed by atoms with Gasteiger partial charge in [0, 0.05) is 25.9 Å². The van der Waals surface area contributed by atoms with Crippen molar-refractivity contribution in [2.75, 3.05) is 24.6 Å². The van der Waals surface area contributed by atoms with E-state index >= 15 is 0 Å². The Balaban J connectivity index is 2.10. The van der Waals surface area contributed by atoms with Crippen LogP contribution in [0.15, 0.2) is 17.4 Å². The summed E-state index contributed by atoms with van der Waals surface area (Å²) in [6.07, 6.45) is 3.42. The van der Waals surface area contributed by atoms with Crippen molar-refractivity contribution in [1.29, 1.82) is 0 Å². The van der Waals surface area contributed by atoms with Crippen LogP contribution in [-0.4, -0.2) is 45.8 Å². The van der Waals surface area contributed by atoms with Crippen LogP contribution in [0.3, 0.4) is 0 Å². The van der Waals surface area contributed by atoms with Gasteiger partial charge in [0.15, 0.2) is 5.84 Å². The van der Waals surface area contributed by atoms with Gasteiger partial charge in [-0.25, -0.2) is 9.97 Å². The first kappa shape index (κ1) is 12.6. The third-order valence-electron chi connectivity index (χ3n) is 3.12. The van der Waals surface area contributed by atoms with Crippen LogP contribution in [0.25, 0.3) is 0 Å². The number of oxime groups is 1. The summed E-state index contributed by atoms with van der Waals surface area (Å²) in [4.78, 5) is 10.5. The van der Waals surface area contributed by atoms with E-state index in [1.165, 1.54) is 0 Å². The van der Waals surface area contributed by atoms with Gasteiger partial charge in [0.1, 0.15) is 5.69 Å². The van der Waals surface area contributed by atoms with Crippen LogP contribution < -0.4 is 10.6 Å². The zero-order chi connectivity index (χ0) is 13.0. The topological polar surface area (TPSA) is 108 Å². The van der Waals surface area contributed by atoms with Crippen molar-refractivity contribution in [2.45, 2.75) is 12.8 Å². The Labute approximate surface area is 105 Å². The molecule has 4 N–H and O–H groups in total. The van der Waals surface area contributed by atoms with Crippen molar-refractivity contribution in [3.63, 3.8) is 0 Å². The van der Waals surface area contributed by atoms with E-state index in [0.717, 1.165) is 25.9 Å². The number of rotatable bonds is 4. The fourth-order valence-electron chi connectivity index (χ4n) is 2.13. The molecule has 18 heavy (non-hydrogen) atoms. The summed E-state index contributed by atoms with van der Waals surface area (Å²) in [5.74, 6) is 1.04. The van der Waals surface area contributed by atoms with Crippen molar-refractivity contribution in [1.82, 2.24) is 9.97 Å². The third-order valence-corrected chi connectivity index (χ3v) is 3.12. The largest absolute Gasteiger partial charge is 0.409 e. The van der Waals surface area contributed by atoms with Gasteiger partial charge in [-0.3, -0.25) is 0 Å². The smallest absolute Gasteiger partial charge is 0.225 e. The van der Waals surface area contributed by atoms with Gasteiger partial charge in [-0.1, -0.05) is 5.16 Å². The predicted octanol–water partition coefficient (Wildman–Crippen LogP) is -0.220. The molecule has 1 aliphatic rings. The second kappa shape index (κ2) is 5.63. The van der Waals surface area contributed by atoms with Crippen LogP contribution in [0.4, 0.5) is 5.95 Å². The number of anilines is 1. The molecule has 7 heteroatoms. The Morgan fingerprint density at radius 2 is 2.44 bits per heavy atom. The normalized spacial score (nSPS) is 20.4. The SMILES string of the molecule is N/C(=N/O)c1ccnc(N2CCC(CCO)C2)n1. The minimum Gasteiger partial charge on any atom is -0.409 e. The molecule has 0 spiro atoms. The lowest BCUT2D eigenvalue weighted by Gasteiger charge is -2.16. The molecule has 1 atom stereocenters. The van der Waals surface area contributed by atoms with Gasteiger partial charge in [-0.2, -0.15) is 0 Å². The van der Waals surface area contributed by atoms with Crippen LogP contribution in [0.2, 0.25) is 0 Å². The molecule has 98 valence electrons. The van der Waals surface area contributed by atoms with E-state index in [9.17, 15) is 0 Å². The Bertz CT molecular complexity index is 437. The molecular formula is C11H17N5O2. The monoisotopic (exact) mass is 251 g/mol. The van der Waals surface area contributed by atoms with E-state index in [2.05, 4.69) is 20.0 Å². The lowest BCUT2D eigenvalue weighted by atomic mass is 10.1. The van der Waals surface area contributed by atoms with E-state index in [0.29, 0.717) is 17.6 Å². The van der Waals surface area contributed by atoms with Gasteiger partial charge in [0.25, 0.3) is 0 Å². The summed E-state index contributed by atoms with van der Waals surface area (Å²) < 4.78 is 0. The number of nitrogens with two attached hydrogens (primary N) is 1. The third kappa shape index (κ3) is 2.67. The lowest BCUT2D eigenvalue weighted by Crippen LogP contribution is -2.24. The Morgan fingerprint density at radius 1 is 1.61 bits per heavy atom. The van der Waals surface area contributed by atoms with Gasteiger partial charge in [0.2, 0.25) is 5.95 Å². The van der Waals surface area contributed by atoms with Gasteiger partial charge < -0.3 is 20.9 Å². The highest BCUT2D eigenvalue weighted by atomic mass is 16.4. The fraction of sp³-hybridized carbons (Fsp3) is 0.545. The highest BCUT2D eigenvalue weighted by Crippen LogP contribution is 2.22. The van der Waals surface area contributed by atoms with Gasteiger partial charge in [-0.05, 0) is 24.8 Å². The Hall–Kier alpha value is -1.89. The van der Waals surface area contributed by atoms with Crippen LogP contribution in [-0.2, 0) is 0 Å². The summed E-state index contributed by atoms with van der Waals surface area (Å²) in [5.41, 5.74) is 5.91. The number of hydrogen-bond donors (Lipinski definition) is 3. The molecule has 1 aromatic rings. The number of aliphatic hydroxyl groups excluding tert-OH is 1. The molecule has 1 aromatic heterocycles. The van der Waals surface area contributed by atoms with Crippen molar-refractivity contribution in [3.05, 3.63) is 18.0 Å². The molecular weight excluding hydrogens is 234 g/mol. The molecule has 0 saturated carbocycles. The summed E-state index contributed by atoms with van der Waals surface area (Å²) in [5, 5.41) is 20.5. The second-order valence-corrected chi connectivity index (χ2v) is 4.34. The fourth-order valence-corrected chi connectivity index (χ4v) is 2.13. The standard InChI is InChI=1S/C11H17N5O2/c12-10(15-18)9-1-4-13-11(14-9)16-5-2-8(7-16)3-6-17/h1,4,8,17-18H,2-3,5-7H2,(H2,12,15). The van der Waals surface area contributed by atoms with Crippen molar-refractivity contribution in [2.24, 2.45) is 16.8 Å². The maximum atomic E-state index is 8.92. The number of nitrogens with zero attached hydrogens (tertiary/aromatic N) is 4. The van der Waals surface area contributed by atoms with Crippen LogP contribution >= 0.6 is 0 Å². The quantitative estimate of drug-likeness (QED) is 0.295. The molecule has 7 nitrogen and oxygen atoms in total. The molecule has 2 heterocycles. The molecule has 0 radical (unpaired) electrons. The van der Waals surface area contributed by atoms with Crippen LogP contribution in [0.1, 0.15) is 18.5 Å². The second-order valence-electron chi connectivity index (χ2n) is 4.34. The zero-order valence-corrected chi connectivity index (χ0v) is 10.0. The van der Waals surface area contributed by atoms with E-state index in [4.69, 9.17) is 16.0 Å². The molecule has 0 amide bonds. The minimum atomic E-state index is -0.0234. The van der Waals surface area contributed by atoms with Gasteiger partial charge in [-0.15, -0.1) is 0 Å². The number of aromatic nitrogens is 2. The summed E-state index contributed by atoms with van der Waals surface area (Å²) in [6, 6.07) is 1.60. The number of amidine groups is 1. The molecule has 1 unspecified atom stereocenters. The molecule has 2 rings (SSSR count). The average molecular weight is 251 g/mol. The van der Waals surface area contributed by atoms with Gasteiger partial charge >= 0.3 is 0 Å². The van der Waals surface area contributed by atoms with E-state index in [1.54, 1.807) is 12.3 Å². The van der Waals surface area contributed by atoms with Crippen LogP contribution in [0, 0.1) is 5.92 Å². The lowest BCUT2D eigenvalue weighted by molar-refractivity contribution is 0.263. The van der Waals surface area contributed by atoms with Crippen LogP contribution in [0.5, 0.6) is 0 Å². The first-order chi connectivity index (χ1) is 8.74. The molecule has 1 fully saturated rings. The van der Waals surface area contributed by atoms with E-state index < -0.39 is 0 Å². The minimum absolute atomic E-state index is 0.0234. The first-order valence-corrected chi connectivity index (χ1v) is 5.91. The van der Waals surface area contributed by atoms with Crippen molar-refractivity contribution in [3.8, 4) is 0 Å². The van der Waals surface area contributed by atoms with Crippen molar-refractivity contribution < 1.29 is 10.3 Å². The Kier molecular flexibility index (Phi) is 3.93. The summed E-state index contributed by atoms with van der Waals surface area (Å²) in [7, 11) is 0. The highest BCUT2D eigenvalue weighted by Gasteiger charge is 2.24. The molecule has 0 aromatic carbocycles. The highest BCUT2D eigenvalue weighted by molar-refractivity contribution is 5.95. The van der Waals surface area contributed by atoms with E-state index in [1.807, 2.05) is 0 Å². The first-order valence-electron chi connectivity index (χ1n) is 5.91. The van der Waals surface area contributed by atoms with Gasteiger partial charge in [0.05, 0.1) is 0 Å². The summed E-state index contributed by atoms with van der Waals surface area (Å²) >= 11 is 0. The van der Waals surface area contributed by atoms with E-state index in [-0.39, 0.29) is 12.4 Å².